The molecule has 0 aliphatic rings. The molecule has 8 nitrogen and oxygen atoms in total. The van der Waals surface area contributed by atoms with E-state index in [2.05, 4.69) is 15.3 Å². The van der Waals surface area contributed by atoms with Gasteiger partial charge in [0, 0.05) is 13.2 Å². The van der Waals surface area contributed by atoms with E-state index in [0.717, 1.165) is 6.33 Å². The maximum absolute atomic E-state index is 10.7. The van der Waals surface area contributed by atoms with Crippen molar-refractivity contribution in [2.45, 2.75) is 6.92 Å². The molecular formula is C8H13N5O3. The molecule has 0 saturated carbocycles. The van der Waals surface area contributed by atoms with E-state index in [0.29, 0.717) is 6.54 Å². The highest BCUT2D eigenvalue weighted by Crippen LogP contribution is 2.26. The van der Waals surface area contributed by atoms with Crippen LogP contribution in [0.3, 0.4) is 0 Å². The fourth-order valence-corrected chi connectivity index (χ4v) is 1.04. The highest BCUT2D eigenvalue weighted by Gasteiger charge is 2.20. The molecule has 88 valence electrons. The van der Waals surface area contributed by atoms with Crippen LogP contribution >= 0.6 is 0 Å². The van der Waals surface area contributed by atoms with Crippen molar-refractivity contribution >= 4 is 17.3 Å². The minimum absolute atomic E-state index is 0.0125. The highest BCUT2D eigenvalue weighted by atomic mass is 16.6. The summed E-state index contributed by atoms with van der Waals surface area (Å²) in [7, 11) is 0. The summed E-state index contributed by atoms with van der Waals surface area (Å²) in [6, 6.07) is 0. The molecule has 1 heterocycles. The third kappa shape index (κ3) is 2.76. The zero-order chi connectivity index (χ0) is 12.1. The van der Waals surface area contributed by atoms with E-state index in [1.54, 1.807) is 6.92 Å². The molecule has 4 N–H and O–H groups in total. The predicted molar refractivity (Wildman–Crippen MR) is 57.8 cm³/mol. The molecule has 0 radical (unpaired) electrons. The van der Waals surface area contributed by atoms with E-state index in [9.17, 15) is 10.1 Å². The summed E-state index contributed by atoms with van der Waals surface area (Å²) >= 11 is 0. The summed E-state index contributed by atoms with van der Waals surface area (Å²) < 4.78 is 0. The van der Waals surface area contributed by atoms with Crippen molar-refractivity contribution in [2.75, 3.05) is 24.2 Å². The second-order valence-electron chi connectivity index (χ2n) is 3.38. The number of rotatable bonds is 5. The molecule has 0 bridgehead atoms. The van der Waals surface area contributed by atoms with Gasteiger partial charge in [-0.05, 0) is 5.92 Å². The lowest BCUT2D eigenvalue weighted by molar-refractivity contribution is -0.383. The fourth-order valence-electron chi connectivity index (χ4n) is 1.04. The van der Waals surface area contributed by atoms with Gasteiger partial charge in [0.2, 0.25) is 11.6 Å². The lowest BCUT2D eigenvalue weighted by Crippen LogP contribution is -2.16. The first-order valence-electron chi connectivity index (χ1n) is 4.65. The minimum atomic E-state index is -0.638. The van der Waals surface area contributed by atoms with Crippen molar-refractivity contribution in [1.82, 2.24) is 9.97 Å². The highest BCUT2D eigenvalue weighted by molar-refractivity contribution is 5.67. The molecule has 0 aliphatic carbocycles. The van der Waals surface area contributed by atoms with Crippen LogP contribution in [0.4, 0.5) is 17.3 Å². The lowest BCUT2D eigenvalue weighted by Gasteiger charge is -2.10. The Labute approximate surface area is 91.7 Å². The molecular weight excluding hydrogens is 214 g/mol. The summed E-state index contributed by atoms with van der Waals surface area (Å²) in [5.41, 5.74) is 5.04. The maximum atomic E-state index is 10.7. The molecule has 1 aromatic heterocycles. The van der Waals surface area contributed by atoms with Crippen molar-refractivity contribution in [3.05, 3.63) is 16.4 Å². The second kappa shape index (κ2) is 5.21. The number of aliphatic hydroxyl groups is 1. The topological polar surface area (TPSA) is 127 Å². The van der Waals surface area contributed by atoms with E-state index in [1.807, 2.05) is 0 Å². The summed E-state index contributed by atoms with van der Waals surface area (Å²) in [5, 5.41) is 22.3. The van der Waals surface area contributed by atoms with Crippen LogP contribution in [0, 0.1) is 16.0 Å². The van der Waals surface area contributed by atoms with E-state index >= 15 is 0 Å². The zero-order valence-electron chi connectivity index (χ0n) is 8.75. The lowest BCUT2D eigenvalue weighted by atomic mass is 10.2. The number of hydrogen-bond donors (Lipinski definition) is 3. The van der Waals surface area contributed by atoms with Crippen LogP contribution in [0.25, 0.3) is 0 Å². The molecule has 0 saturated heterocycles. The van der Waals surface area contributed by atoms with Gasteiger partial charge in [-0.15, -0.1) is 0 Å². The van der Waals surface area contributed by atoms with Crippen LogP contribution in [0.5, 0.6) is 0 Å². The van der Waals surface area contributed by atoms with Gasteiger partial charge in [-0.3, -0.25) is 10.1 Å². The number of anilines is 2. The van der Waals surface area contributed by atoms with E-state index in [1.165, 1.54) is 0 Å². The van der Waals surface area contributed by atoms with Gasteiger partial charge in [0.25, 0.3) is 0 Å². The summed E-state index contributed by atoms with van der Waals surface area (Å²) in [4.78, 5) is 17.4. The van der Waals surface area contributed by atoms with Crippen LogP contribution in [-0.2, 0) is 0 Å². The maximum Gasteiger partial charge on any atom is 0.352 e. The Morgan fingerprint density at radius 2 is 2.38 bits per heavy atom. The van der Waals surface area contributed by atoms with E-state index in [-0.39, 0.29) is 29.8 Å². The van der Waals surface area contributed by atoms with Gasteiger partial charge < -0.3 is 16.2 Å². The SMILES string of the molecule is CC(CO)CNc1ncnc(N)c1[N+](=O)[O-]. The summed E-state index contributed by atoms with van der Waals surface area (Å²) in [6.45, 7) is 2.15. The second-order valence-corrected chi connectivity index (χ2v) is 3.38. The van der Waals surface area contributed by atoms with Gasteiger partial charge in [-0.25, -0.2) is 9.97 Å². The van der Waals surface area contributed by atoms with Crippen LogP contribution < -0.4 is 11.1 Å². The van der Waals surface area contributed by atoms with Gasteiger partial charge >= 0.3 is 5.69 Å². The molecule has 0 spiro atoms. The smallest absolute Gasteiger partial charge is 0.352 e. The van der Waals surface area contributed by atoms with Crippen molar-refractivity contribution in [3.8, 4) is 0 Å². The normalized spacial score (nSPS) is 12.1. The number of nitrogen functional groups attached to an aromatic ring is 1. The zero-order valence-corrected chi connectivity index (χ0v) is 8.75. The van der Waals surface area contributed by atoms with Crippen molar-refractivity contribution in [2.24, 2.45) is 5.92 Å². The number of nitro groups is 1. The molecule has 0 amide bonds. The standard InChI is InChI=1S/C8H13N5O3/c1-5(3-14)2-10-8-6(13(15)16)7(9)11-4-12-8/h4-5,14H,2-3H2,1H3,(H3,9,10,11,12). The Balaban J connectivity index is 2.87. The van der Waals surface area contributed by atoms with Crippen molar-refractivity contribution in [1.29, 1.82) is 0 Å². The Bertz CT molecular complexity index is 384. The first-order chi connectivity index (χ1) is 7.56. The quantitative estimate of drug-likeness (QED) is 0.477. The van der Waals surface area contributed by atoms with Gasteiger partial charge in [0.05, 0.1) is 4.92 Å². The van der Waals surface area contributed by atoms with E-state index in [4.69, 9.17) is 10.8 Å². The summed E-state index contributed by atoms with van der Waals surface area (Å²) in [6.07, 6.45) is 1.15. The third-order valence-corrected chi connectivity index (χ3v) is 1.96. The van der Waals surface area contributed by atoms with E-state index < -0.39 is 4.92 Å². The summed E-state index contributed by atoms with van der Waals surface area (Å²) in [5.74, 6) is -0.146. The molecule has 0 aromatic carbocycles. The molecule has 1 unspecified atom stereocenters. The molecule has 16 heavy (non-hydrogen) atoms. The van der Waals surface area contributed by atoms with Gasteiger partial charge in [-0.1, -0.05) is 6.92 Å². The average molecular weight is 227 g/mol. The Morgan fingerprint density at radius 1 is 1.69 bits per heavy atom. The van der Waals surface area contributed by atoms with Crippen LogP contribution in [0.2, 0.25) is 0 Å². The van der Waals surface area contributed by atoms with Crippen LogP contribution in [0.15, 0.2) is 6.33 Å². The van der Waals surface area contributed by atoms with Crippen molar-refractivity contribution < 1.29 is 10.0 Å². The number of nitrogens with one attached hydrogen (secondary N) is 1. The fraction of sp³-hybridized carbons (Fsp3) is 0.500. The van der Waals surface area contributed by atoms with Crippen LogP contribution in [0.1, 0.15) is 6.92 Å². The van der Waals surface area contributed by atoms with Gasteiger partial charge in [0.15, 0.2) is 0 Å². The first-order valence-corrected chi connectivity index (χ1v) is 4.65. The third-order valence-electron chi connectivity index (χ3n) is 1.96. The Hall–Kier alpha value is -1.96. The van der Waals surface area contributed by atoms with Gasteiger partial charge in [-0.2, -0.15) is 0 Å². The Kier molecular flexibility index (Phi) is 3.95. The number of nitrogens with zero attached hydrogens (tertiary/aromatic N) is 3. The number of hydrogen-bond acceptors (Lipinski definition) is 7. The number of nitrogens with two attached hydrogens (primary N) is 1. The monoisotopic (exact) mass is 227 g/mol. The minimum Gasteiger partial charge on any atom is -0.396 e. The van der Waals surface area contributed by atoms with Gasteiger partial charge in [0.1, 0.15) is 6.33 Å². The molecule has 1 atom stereocenters. The molecule has 8 heteroatoms. The molecule has 0 fully saturated rings. The first kappa shape index (κ1) is 12.1. The molecule has 1 aromatic rings. The largest absolute Gasteiger partial charge is 0.396 e. The Morgan fingerprint density at radius 3 is 2.94 bits per heavy atom. The van der Waals surface area contributed by atoms with Crippen molar-refractivity contribution in [3.63, 3.8) is 0 Å². The molecule has 0 aliphatic heterocycles. The number of aliphatic hydroxyl groups excluding tert-OH is 1. The van der Waals surface area contributed by atoms with Crippen LogP contribution in [-0.4, -0.2) is 33.1 Å². The molecule has 1 rings (SSSR count). The number of aromatic nitrogens is 2. The average Bonchev–Trinajstić information content (AvgIpc) is 2.25. The predicted octanol–water partition coefficient (Wildman–Crippen LogP) is 0.00730.